The van der Waals surface area contributed by atoms with E-state index >= 15 is 0 Å². The summed E-state index contributed by atoms with van der Waals surface area (Å²) < 4.78 is 71.8. The van der Waals surface area contributed by atoms with E-state index in [9.17, 15) is 21.6 Å². The number of fused-ring (bicyclic) bond motifs is 1. The number of methoxy groups -OCH3 is 1. The molecule has 0 fully saturated rings. The number of nitrogens with zero attached hydrogens (tertiary/aromatic N) is 3. The van der Waals surface area contributed by atoms with Crippen molar-refractivity contribution in [3.05, 3.63) is 41.6 Å². The van der Waals surface area contributed by atoms with E-state index in [4.69, 9.17) is 4.74 Å². The summed E-state index contributed by atoms with van der Waals surface area (Å²) in [5.41, 5.74) is 1.31. The lowest BCUT2D eigenvalue weighted by Gasteiger charge is -2.19. The van der Waals surface area contributed by atoms with Gasteiger partial charge in [-0.15, -0.1) is 0 Å². The Kier molecular flexibility index (Phi) is 5.68. The molecule has 0 saturated carbocycles. The Balaban J connectivity index is 2.27. The van der Waals surface area contributed by atoms with Gasteiger partial charge in [0.1, 0.15) is 11.9 Å². The van der Waals surface area contributed by atoms with Crippen LogP contribution in [-0.4, -0.2) is 41.7 Å². The van der Waals surface area contributed by atoms with Crippen molar-refractivity contribution in [3.8, 4) is 6.01 Å². The first kappa shape index (κ1) is 21.9. The van der Waals surface area contributed by atoms with Gasteiger partial charge in [0.15, 0.2) is 5.65 Å². The summed E-state index contributed by atoms with van der Waals surface area (Å²) in [7, 11) is -2.80. The second kappa shape index (κ2) is 7.78. The number of halogens is 3. The van der Waals surface area contributed by atoms with Crippen LogP contribution in [-0.2, 0) is 16.4 Å². The minimum atomic E-state index is -4.52. The zero-order chi connectivity index (χ0) is 22.3. The summed E-state index contributed by atoms with van der Waals surface area (Å²) in [6, 6.07) is 4.08. The zero-order valence-electron chi connectivity index (χ0n) is 16.8. The third-order valence-corrected chi connectivity index (χ3v) is 6.32. The molecule has 0 aliphatic rings. The van der Waals surface area contributed by atoms with Crippen molar-refractivity contribution in [1.29, 1.82) is 0 Å². The molecule has 0 aliphatic heterocycles. The van der Waals surface area contributed by atoms with Crippen LogP contribution >= 0.6 is 0 Å². The molecule has 1 atom stereocenters. The summed E-state index contributed by atoms with van der Waals surface area (Å²) in [5.74, 6) is -0.142. The second-order valence-electron chi connectivity index (χ2n) is 6.79. The topological polar surface area (TPSA) is 86.1 Å². The molecular formula is C19H21F3N4O3S. The van der Waals surface area contributed by atoms with Gasteiger partial charge >= 0.3 is 12.2 Å². The van der Waals surface area contributed by atoms with Crippen LogP contribution in [0, 0.1) is 6.92 Å². The van der Waals surface area contributed by atoms with Crippen molar-refractivity contribution in [3.63, 3.8) is 0 Å². The highest BCUT2D eigenvalue weighted by atomic mass is 32.2. The summed E-state index contributed by atoms with van der Waals surface area (Å²) in [6.07, 6.45) is -2.80. The molecule has 2 aromatic heterocycles. The Morgan fingerprint density at radius 1 is 1.20 bits per heavy atom. The zero-order valence-corrected chi connectivity index (χ0v) is 17.6. The maximum Gasteiger partial charge on any atom is 0.408 e. The molecule has 1 N–H and O–H groups in total. The second-order valence-corrected chi connectivity index (χ2v) is 8.60. The molecule has 162 valence electrons. The van der Waals surface area contributed by atoms with Crippen LogP contribution in [0.15, 0.2) is 35.4 Å². The SMILES string of the molecule is CCc1cn(S(=O)(=O)c2ccc(C)cc2)c2nc(OC)nc(N[C@H](C)C(F)(F)F)c12. The van der Waals surface area contributed by atoms with E-state index in [1.807, 2.05) is 6.92 Å². The highest BCUT2D eigenvalue weighted by Crippen LogP contribution is 2.33. The van der Waals surface area contributed by atoms with Crippen molar-refractivity contribution in [2.24, 2.45) is 0 Å². The van der Waals surface area contributed by atoms with E-state index in [2.05, 4.69) is 15.3 Å². The number of hydrogen-bond acceptors (Lipinski definition) is 6. The van der Waals surface area contributed by atoms with Crippen LogP contribution in [0.3, 0.4) is 0 Å². The van der Waals surface area contributed by atoms with Crippen molar-refractivity contribution in [2.45, 2.75) is 44.3 Å². The van der Waals surface area contributed by atoms with Crippen LogP contribution < -0.4 is 10.1 Å². The Morgan fingerprint density at radius 3 is 2.37 bits per heavy atom. The van der Waals surface area contributed by atoms with Crippen molar-refractivity contribution in [1.82, 2.24) is 13.9 Å². The molecule has 0 radical (unpaired) electrons. The van der Waals surface area contributed by atoms with Gasteiger partial charge in [-0.1, -0.05) is 24.6 Å². The van der Waals surface area contributed by atoms with Gasteiger partial charge in [0.2, 0.25) is 0 Å². The monoisotopic (exact) mass is 442 g/mol. The van der Waals surface area contributed by atoms with Gasteiger partial charge in [0.25, 0.3) is 10.0 Å². The summed E-state index contributed by atoms with van der Waals surface area (Å²) in [5, 5.41) is 2.52. The summed E-state index contributed by atoms with van der Waals surface area (Å²) in [4.78, 5) is 8.17. The number of ether oxygens (including phenoxy) is 1. The Hall–Kier alpha value is -2.82. The van der Waals surface area contributed by atoms with Crippen LogP contribution in [0.1, 0.15) is 25.0 Å². The lowest BCUT2D eigenvalue weighted by atomic mass is 10.2. The van der Waals surface area contributed by atoms with Crippen LogP contribution in [0.25, 0.3) is 11.0 Å². The molecule has 0 unspecified atom stereocenters. The lowest BCUT2D eigenvalue weighted by molar-refractivity contribution is -0.138. The fraction of sp³-hybridized carbons (Fsp3) is 0.368. The maximum absolute atomic E-state index is 13.2. The molecule has 1 aromatic carbocycles. The van der Waals surface area contributed by atoms with Gasteiger partial charge in [-0.25, -0.2) is 12.4 Å². The first-order valence-corrected chi connectivity index (χ1v) is 10.5. The predicted molar refractivity (Wildman–Crippen MR) is 106 cm³/mol. The third-order valence-electron chi connectivity index (χ3n) is 4.66. The third kappa shape index (κ3) is 3.93. The molecule has 0 aliphatic carbocycles. The summed E-state index contributed by atoms with van der Waals surface area (Å²) in [6.45, 7) is 4.54. The quantitative estimate of drug-likeness (QED) is 0.623. The van der Waals surface area contributed by atoms with E-state index in [-0.39, 0.29) is 27.8 Å². The molecule has 30 heavy (non-hydrogen) atoms. The average Bonchev–Trinajstić information content (AvgIpc) is 3.07. The number of nitrogens with one attached hydrogen (secondary N) is 1. The van der Waals surface area contributed by atoms with E-state index in [1.54, 1.807) is 19.1 Å². The highest BCUT2D eigenvalue weighted by Gasteiger charge is 2.37. The lowest BCUT2D eigenvalue weighted by Crippen LogP contribution is -2.33. The maximum atomic E-state index is 13.2. The number of anilines is 1. The molecule has 0 amide bonds. The number of aromatic nitrogens is 3. The fourth-order valence-electron chi connectivity index (χ4n) is 2.91. The minimum Gasteiger partial charge on any atom is -0.467 e. The molecule has 11 heteroatoms. The Morgan fingerprint density at radius 2 is 1.83 bits per heavy atom. The fourth-order valence-corrected chi connectivity index (χ4v) is 4.24. The molecule has 3 rings (SSSR count). The normalized spacial score (nSPS) is 13.4. The standard InChI is InChI=1S/C19H21F3N4O3S/c1-5-13-10-26(30(27,28)14-8-6-11(2)7-9-14)17-15(13)16(24-18(25-17)29-4)23-12(3)19(20,21)22/h6-10,12H,5H2,1-4H3,(H,23,24,25)/t12-/m1/s1. The molecular weight excluding hydrogens is 421 g/mol. The van der Waals surface area contributed by atoms with E-state index in [1.165, 1.54) is 25.4 Å². The summed E-state index contributed by atoms with van der Waals surface area (Å²) >= 11 is 0. The van der Waals surface area contributed by atoms with Gasteiger partial charge in [-0.05, 0) is 38.0 Å². The predicted octanol–water partition coefficient (Wildman–Crippen LogP) is 3.91. The van der Waals surface area contributed by atoms with Crippen molar-refractivity contribution >= 4 is 26.9 Å². The van der Waals surface area contributed by atoms with E-state index in [0.29, 0.717) is 12.0 Å². The molecule has 0 bridgehead atoms. The number of rotatable bonds is 6. The highest BCUT2D eigenvalue weighted by molar-refractivity contribution is 7.90. The first-order chi connectivity index (χ1) is 14.0. The Bertz CT molecular complexity index is 1170. The molecule has 7 nitrogen and oxygen atoms in total. The Labute approximate surface area is 172 Å². The molecule has 3 aromatic rings. The molecule has 2 heterocycles. The van der Waals surface area contributed by atoms with Crippen molar-refractivity contribution in [2.75, 3.05) is 12.4 Å². The first-order valence-electron chi connectivity index (χ1n) is 9.10. The number of hydrogen-bond donors (Lipinski definition) is 1. The van der Waals surface area contributed by atoms with Crippen LogP contribution in [0.2, 0.25) is 0 Å². The van der Waals surface area contributed by atoms with Gasteiger partial charge in [-0.3, -0.25) is 0 Å². The molecule has 0 spiro atoms. The minimum absolute atomic E-state index is 0.0309. The largest absolute Gasteiger partial charge is 0.467 e. The van der Waals surface area contributed by atoms with Gasteiger partial charge in [0.05, 0.1) is 17.4 Å². The van der Waals surface area contributed by atoms with Gasteiger partial charge in [0, 0.05) is 6.20 Å². The average molecular weight is 442 g/mol. The van der Waals surface area contributed by atoms with Crippen molar-refractivity contribution < 1.29 is 26.3 Å². The van der Waals surface area contributed by atoms with Gasteiger partial charge in [-0.2, -0.15) is 23.1 Å². The molecule has 0 saturated heterocycles. The number of benzene rings is 1. The van der Waals surface area contributed by atoms with Crippen LogP contribution in [0.4, 0.5) is 19.0 Å². The number of alkyl halides is 3. The van der Waals surface area contributed by atoms with Gasteiger partial charge < -0.3 is 10.1 Å². The van der Waals surface area contributed by atoms with E-state index < -0.39 is 22.2 Å². The smallest absolute Gasteiger partial charge is 0.408 e. The number of aryl methyl sites for hydroxylation is 2. The van der Waals surface area contributed by atoms with E-state index in [0.717, 1.165) is 16.5 Å². The van der Waals surface area contributed by atoms with Crippen LogP contribution in [0.5, 0.6) is 6.01 Å².